The van der Waals surface area contributed by atoms with E-state index in [1.807, 2.05) is 18.2 Å². The Hall–Kier alpha value is -2.10. The summed E-state index contributed by atoms with van der Waals surface area (Å²) in [5.41, 5.74) is 2.06. The number of hydrogen-bond acceptors (Lipinski definition) is 4. The smallest absolute Gasteiger partial charge is 0.347 e. The largest absolute Gasteiger partial charge is 0.422 e. The zero-order valence-corrected chi connectivity index (χ0v) is 14.2. The van der Waals surface area contributed by atoms with Gasteiger partial charge in [0.1, 0.15) is 11.1 Å². The van der Waals surface area contributed by atoms with Crippen LogP contribution in [-0.2, 0) is 6.42 Å². The van der Waals surface area contributed by atoms with Crippen molar-refractivity contribution in [2.24, 2.45) is 0 Å². The van der Waals surface area contributed by atoms with Crippen molar-refractivity contribution in [3.05, 3.63) is 39.7 Å². The van der Waals surface area contributed by atoms with Gasteiger partial charge in [-0.1, -0.05) is 19.8 Å². The zero-order chi connectivity index (χ0) is 16.8. The van der Waals surface area contributed by atoms with E-state index in [4.69, 9.17) is 4.42 Å². The van der Waals surface area contributed by atoms with Crippen molar-refractivity contribution in [1.82, 2.24) is 0 Å². The molecule has 0 unspecified atom stereocenters. The van der Waals surface area contributed by atoms with Crippen LogP contribution in [0.2, 0.25) is 0 Å². The van der Waals surface area contributed by atoms with E-state index in [2.05, 4.69) is 25.7 Å². The van der Waals surface area contributed by atoms with Crippen LogP contribution < -0.4 is 10.5 Å². The molecule has 1 heterocycles. The van der Waals surface area contributed by atoms with Crippen LogP contribution in [0.4, 0.5) is 5.69 Å². The Labute approximate surface area is 137 Å². The lowest BCUT2D eigenvalue weighted by Crippen LogP contribution is -2.21. The molecule has 0 saturated carbocycles. The van der Waals surface area contributed by atoms with E-state index < -0.39 is 5.63 Å². The van der Waals surface area contributed by atoms with Gasteiger partial charge in [-0.15, -0.1) is 0 Å². The first-order chi connectivity index (χ1) is 11.2. The maximum absolute atomic E-state index is 12.1. The molecule has 0 saturated heterocycles. The summed E-state index contributed by atoms with van der Waals surface area (Å²) in [6.07, 6.45) is 4.51. The van der Waals surface area contributed by atoms with E-state index in [9.17, 15) is 9.59 Å². The van der Waals surface area contributed by atoms with Crippen LogP contribution in [0.15, 0.2) is 27.4 Å². The number of carbonyl (C=O) groups is 1. The number of unbranched alkanes of at least 4 members (excludes halogenated alkanes) is 2. The van der Waals surface area contributed by atoms with Gasteiger partial charge in [-0.25, -0.2) is 4.79 Å². The van der Waals surface area contributed by atoms with Gasteiger partial charge in [0.05, 0.1) is 0 Å². The van der Waals surface area contributed by atoms with Crippen molar-refractivity contribution in [1.29, 1.82) is 0 Å². The number of benzene rings is 1. The Kier molecular flexibility index (Phi) is 5.97. The molecule has 0 bridgehead atoms. The Morgan fingerprint density at radius 3 is 2.48 bits per heavy atom. The molecule has 0 fully saturated rings. The molecule has 0 aliphatic rings. The average Bonchev–Trinajstić information content (AvgIpc) is 2.55. The standard InChI is InChI=1S/C19H25NO3/c1-4-7-8-9-15-16-11-10-14(20(5-2)6-3)12-18(16)23-19(22)17(15)13-21/h10-13H,4-9H2,1-3H3. The molecule has 0 N–H and O–H groups in total. The molecule has 0 radical (unpaired) electrons. The number of aldehydes is 1. The van der Waals surface area contributed by atoms with Gasteiger partial charge in [-0.3, -0.25) is 4.79 Å². The third-order valence-electron chi connectivity index (χ3n) is 4.31. The lowest BCUT2D eigenvalue weighted by atomic mass is 9.99. The molecule has 0 aliphatic heterocycles. The molecule has 0 aliphatic carbocycles. The molecule has 4 heteroatoms. The highest BCUT2D eigenvalue weighted by Crippen LogP contribution is 2.26. The van der Waals surface area contributed by atoms with Crippen molar-refractivity contribution in [3.8, 4) is 0 Å². The molecule has 0 amide bonds. The second-order valence-corrected chi connectivity index (χ2v) is 5.71. The van der Waals surface area contributed by atoms with E-state index in [0.29, 0.717) is 11.9 Å². The third-order valence-corrected chi connectivity index (χ3v) is 4.31. The number of hydrogen-bond donors (Lipinski definition) is 0. The minimum absolute atomic E-state index is 0.171. The average molecular weight is 315 g/mol. The first-order valence-corrected chi connectivity index (χ1v) is 8.46. The zero-order valence-electron chi connectivity index (χ0n) is 14.2. The summed E-state index contributed by atoms with van der Waals surface area (Å²) in [6, 6.07) is 5.91. The Morgan fingerprint density at radius 2 is 1.87 bits per heavy atom. The summed E-state index contributed by atoms with van der Waals surface area (Å²) in [4.78, 5) is 25.6. The summed E-state index contributed by atoms with van der Waals surface area (Å²) in [6.45, 7) is 8.10. The van der Waals surface area contributed by atoms with Crippen molar-refractivity contribution in [2.75, 3.05) is 18.0 Å². The van der Waals surface area contributed by atoms with Crippen molar-refractivity contribution >= 4 is 22.9 Å². The molecule has 4 nitrogen and oxygen atoms in total. The number of nitrogens with zero attached hydrogens (tertiary/aromatic N) is 1. The van der Waals surface area contributed by atoms with Crippen LogP contribution in [-0.4, -0.2) is 19.4 Å². The normalized spacial score (nSPS) is 10.9. The number of anilines is 1. The SMILES string of the molecule is CCCCCc1c(C=O)c(=O)oc2cc(N(CC)CC)ccc12. The fraction of sp³-hybridized carbons (Fsp3) is 0.474. The Balaban J connectivity index is 2.57. The van der Waals surface area contributed by atoms with Crippen molar-refractivity contribution in [3.63, 3.8) is 0 Å². The fourth-order valence-electron chi connectivity index (χ4n) is 2.99. The summed E-state index contributed by atoms with van der Waals surface area (Å²) >= 11 is 0. The molecular weight excluding hydrogens is 290 g/mol. The number of fused-ring (bicyclic) bond motifs is 1. The minimum Gasteiger partial charge on any atom is -0.422 e. The highest BCUT2D eigenvalue weighted by Gasteiger charge is 2.15. The maximum atomic E-state index is 12.1. The molecule has 2 aromatic rings. The van der Waals surface area contributed by atoms with E-state index in [1.54, 1.807) is 0 Å². The fourth-order valence-corrected chi connectivity index (χ4v) is 2.99. The molecule has 23 heavy (non-hydrogen) atoms. The van der Waals surface area contributed by atoms with E-state index in [1.165, 1.54) is 0 Å². The summed E-state index contributed by atoms with van der Waals surface area (Å²) in [5, 5.41) is 0.874. The summed E-state index contributed by atoms with van der Waals surface area (Å²) in [7, 11) is 0. The number of rotatable bonds is 8. The van der Waals surface area contributed by atoms with E-state index in [0.717, 1.165) is 55.4 Å². The van der Waals surface area contributed by atoms with E-state index >= 15 is 0 Å². The quantitative estimate of drug-likeness (QED) is 0.416. The first kappa shape index (κ1) is 17.3. The minimum atomic E-state index is -0.532. The Bertz CT molecular complexity index is 729. The van der Waals surface area contributed by atoms with Gasteiger partial charge in [0.15, 0.2) is 6.29 Å². The van der Waals surface area contributed by atoms with Crippen LogP contribution in [0.5, 0.6) is 0 Å². The molecule has 1 aromatic carbocycles. The van der Waals surface area contributed by atoms with Crippen LogP contribution >= 0.6 is 0 Å². The summed E-state index contributed by atoms with van der Waals surface area (Å²) in [5.74, 6) is 0. The Morgan fingerprint density at radius 1 is 1.13 bits per heavy atom. The first-order valence-electron chi connectivity index (χ1n) is 8.46. The highest BCUT2D eigenvalue weighted by atomic mass is 16.4. The van der Waals surface area contributed by atoms with E-state index in [-0.39, 0.29) is 5.56 Å². The van der Waals surface area contributed by atoms with Crippen LogP contribution in [0, 0.1) is 0 Å². The van der Waals surface area contributed by atoms with Gasteiger partial charge >= 0.3 is 5.63 Å². The van der Waals surface area contributed by atoms with Gasteiger partial charge in [-0.05, 0) is 44.4 Å². The molecule has 0 atom stereocenters. The summed E-state index contributed by atoms with van der Waals surface area (Å²) < 4.78 is 5.40. The van der Waals surface area contributed by atoms with Gasteiger partial charge in [0, 0.05) is 30.2 Å². The highest BCUT2D eigenvalue weighted by molar-refractivity contribution is 5.90. The predicted octanol–water partition coefficient (Wildman–Crippen LogP) is 4.18. The molecule has 2 rings (SSSR count). The van der Waals surface area contributed by atoms with Crippen LogP contribution in [0.3, 0.4) is 0 Å². The van der Waals surface area contributed by atoms with Crippen LogP contribution in [0.1, 0.15) is 56.0 Å². The predicted molar refractivity (Wildman–Crippen MR) is 94.7 cm³/mol. The molecule has 0 spiro atoms. The second-order valence-electron chi connectivity index (χ2n) is 5.71. The lowest BCUT2D eigenvalue weighted by Gasteiger charge is -2.21. The van der Waals surface area contributed by atoms with Gasteiger partial charge in [0.25, 0.3) is 0 Å². The molecule has 124 valence electrons. The lowest BCUT2D eigenvalue weighted by molar-refractivity contribution is 0.111. The second kappa shape index (κ2) is 7.95. The third kappa shape index (κ3) is 3.63. The van der Waals surface area contributed by atoms with Gasteiger partial charge in [-0.2, -0.15) is 0 Å². The molecular formula is C19H25NO3. The van der Waals surface area contributed by atoms with Crippen LogP contribution in [0.25, 0.3) is 11.0 Å². The maximum Gasteiger partial charge on any atom is 0.347 e. The monoisotopic (exact) mass is 315 g/mol. The molecule has 1 aromatic heterocycles. The van der Waals surface area contributed by atoms with Gasteiger partial charge < -0.3 is 9.32 Å². The van der Waals surface area contributed by atoms with Crippen molar-refractivity contribution in [2.45, 2.75) is 46.5 Å². The van der Waals surface area contributed by atoms with Crippen molar-refractivity contribution < 1.29 is 9.21 Å². The topological polar surface area (TPSA) is 50.5 Å². The number of aryl methyl sites for hydroxylation is 1. The number of carbonyl (C=O) groups excluding carboxylic acids is 1. The van der Waals surface area contributed by atoms with Gasteiger partial charge in [0.2, 0.25) is 0 Å².